The van der Waals surface area contributed by atoms with Crippen LogP contribution in [0.2, 0.25) is 0 Å². The molecule has 85 heavy (non-hydrogen) atoms. The number of carbonyl (C=O) groups excluding carboxylic acids is 3. The van der Waals surface area contributed by atoms with Crippen molar-refractivity contribution in [3.63, 3.8) is 0 Å². The Labute approximate surface area is 512 Å². The summed E-state index contributed by atoms with van der Waals surface area (Å²) in [7, 11) is -5.32. The Morgan fingerprint density at radius 3 is 1.41 bits per heavy atom. The molecule has 0 saturated carbocycles. The number of ether oxygens (including phenoxy) is 5. The van der Waals surface area contributed by atoms with Crippen molar-refractivity contribution in [1.29, 1.82) is 0 Å². The molecule has 2 saturated heterocycles. The number of hydrogen-bond acceptors (Lipinski definition) is 16. The maximum atomic E-state index is 14.1. The Bertz CT molecular complexity index is 1690. The molecule has 2 aliphatic rings. The first kappa shape index (κ1) is 79.2. The summed E-state index contributed by atoms with van der Waals surface area (Å²) in [4.78, 5) is 60.5. The Kier molecular flexibility index (Phi) is 47.4. The minimum Gasteiger partial charge on any atom is -0.462 e. The van der Waals surface area contributed by atoms with Gasteiger partial charge in [-0.25, -0.2) is 4.57 Å². The number of amides is 2. The molecule has 0 bridgehead atoms. The third-order valence-corrected chi connectivity index (χ3v) is 17.2. The number of esters is 1. The summed E-state index contributed by atoms with van der Waals surface area (Å²) >= 11 is 0. The van der Waals surface area contributed by atoms with Gasteiger partial charge < -0.3 is 75.4 Å². The van der Waals surface area contributed by atoms with Crippen molar-refractivity contribution in [2.45, 2.75) is 364 Å². The molecule has 2 amide bonds. The van der Waals surface area contributed by atoms with Gasteiger partial charge in [0.05, 0.1) is 32.2 Å². The number of carbonyl (C=O) groups is 3. The number of aliphatic hydroxyl groups excluding tert-OH is 5. The summed E-state index contributed by atoms with van der Waals surface area (Å²) in [5.74, 6) is -1.69. The van der Waals surface area contributed by atoms with Gasteiger partial charge in [-0.2, -0.15) is 0 Å². The van der Waals surface area contributed by atoms with Gasteiger partial charge in [0.2, 0.25) is 11.8 Å². The highest BCUT2D eigenvalue weighted by Crippen LogP contribution is 2.42. The van der Waals surface area contributed by atoms with Gasteiger partial charge in [0.15, 0.2) is 12.6 Å². The first-order chi connectivity index (χ1) is 41.1. The molecule has 20 nitrogen and oxygen atoms in total. The van der Waals surface area contributed by atoms with Gasteiger partial charge in [0.1, 0.15) is 54.8 Å². The molecule has 11 N–H and O–H groups in total. The fourth-order valence-corrected chi connectivity index (χ4v) is 12.1. The van der Waals surface area contributed by atoms with Crippen LogP contribution in [0.5, 0.6) is 0 Å². The molecule has 0 aliphatic carbocycles. The van der Waals surface area contributed by atoms with Gasteiger partial charge in [-0.15, -0.1) is 0 Å². The largest absolute Gasteiger partial charge is 0.470 e. The average molecular weight is 1240 g/mol. The summed E-state index contributed by atoms with van der Waals surface area (Å²) in [6.45, 7) is 6.00. The van der Waals surface area contributed by atoms with Crippen molar-refractivity contribution >= 4 is 25.6 Å². The summed E-state index contributed by atoms with van der Waals surface area (Å²) in [5, 5.41) is 61.7. The molecule has 21 heteroatoms. The van der Waals surface area contributed by atoms with E-state index in [1.807, 2.05) is 0 Å². The van der Waals surface area contributed by atoms with E-state index in [0.29, 0.717) is 32.1 Å². The zero-order valence-corrected chi connectivity index (χ0v) is 54.1. The van der Waals surface area contributed by atoms with Crippen LogP contribution in [0.3, 0.4) is 0 Å². The number of rotatable bonds is 56. The monoisotopic (exact) mass is 1240 g/mol. The fraction of sp³-hybridized carbons (Fsp3) is 0.953. The second kappa shape index (κ2) is 50.8. The number of aliphatic hydroxyl groups is 5. The molecule has 0 spiro atoms. The van der Waals surface area contributed by atoms with Crippen molar-refractivity contribution < 1.29 is 82.5 Å². The minimum absolute atomic E-state index is 0.188. The van der Waals surface area contributed by atoms with Crippen molar-refractivity contribution in [1.82, 2.24) is 10.6 Å². The van der Waals surface area contributed by atoms with Gasteiger partial charge in [-0.05, 0) is 45.1 Å². The Morgan fingerprint density at radius 1 is 0.518 bits per heavy atom. The van der Waals surface area contributed by atoms with E-state index in [-0.39, 0.29) is 25.9 Å². The lowest BCUT2D eigenvalue weighted by atomic mass is 9.95. The molecule has 502 valence electrons. The van der Waals surface area contributed by atoms with Crippen LogP contribution in [-0.2, 0) is 47.2 Å². The molecule has 0 aromatic rings. The van der Waals surface area contributed by atoms with E-state index < -0.39 is 112 Å². The zero-order chi connectivity index (χ0) is 62.3. The van der Waals surface area contributed by atoms with Crippen LogP contribution in [0.1, 0.15) is 290 Å². The summed E-state index contributed by atoms with van der Waals surface area (Å²) in [6, 6.07) is -2.87. The standard InChI is InChI=1S/C64H124N3O17P/c1-4-7-10-13-16-21-26-31-36-41-50(69)46-54(70)66-57-60(74)59(73)53(83-63(57)79-45-40-35-30-25-20-19-24-29-34-39-44-65)49-80-64-58(61(75)62(52(48-68)82-64)84-85(76,77)78)67-55(71)47-51(42-37-32-27-22-17-14-11-8-5-2)81-56(72)43-38-33-28-23-18-15-12-9-6-3/h50-53,57-64,68-69,73-75H,4-49,65H2,1-3H3,(H,66,70)(H,67,71)(H2,76,77,78)/t50-,51-,52-,53-,57-,58-,59-,60-,61-,62-,63+,64-/m1/s1. The summed E-state index contributed by atoms with van der Waals surface area (Å²) < 4.78 is 47.6. The first-order valence-electron chi connectivity index (χ1n) is 34.2. The van der Waals surface area contributed by atoms with E-state index in [0.717, 1.165) is 122 Å². The van der Waals surface area contributed by atoms with Gasteiger partial charge in [0, 0.05) is 13.0 Å². The van der Waals surface area contributed by atoms with Crippen molar-refractivity contribution in [3.05, 3.63) is 0 Å². The van der Waals surface area contributed by atoms with Crippen LogP contribution in [0, 0.1) is 0 Å². The van der Waals surface area contributed by atoms with Crippen LogP contribution < -0.4 is 16.4 Å². The van der Waals surface area contributed by atoms with Gasteiger partial charge in [-0.3, -0.25) is 18.9 Å². The molecular weight excluding hydrogens is 1110 g/mol. The van der Waals surface area contributed by atoms with Crippen LogP contribution in [-0.4, -0.2) is 153 Å². The zero-order valence-electron chi connectivity index (χ0n) is 53.2. The van der Waals surface area contributed by atoms with E-state index in [4.69, 9.17) is 33.9 Å². The minimum atomic E-state index is -5.32. The molecule has 2 fully saturated rings. The lowest BCUT2D eigenvalue weighted by Crippen LogP contribution is -2.67. The number of phosphoric acid groups is 1. The quantitative estimate of drug-likeness (QED) is 0.0154. The van der Waals surface area contributed by atoms with E-state index in [2.05, 4.69) is 31.4 Å². The van der Waals surface area contributed by atoms with Crippen molar-refractivity contribution in [3.8, 4) is 0 Å². The highest BCUT2D eigenvalue weighted by atomic mass is 31.2. The molecule has 0 aromatic carbocycles. The molecular formula is C64H124N3O17P. The Morgan fingerprint density at radius 2 is 0.929 bits per heavy atom. The predicted octanol–water partition coefficient (Wildman–Crippen LogP) is 10.7. The number of unbranched alkanes of at least 4 members (excludes halogenated alkanes) is 33. The molecule has 0 radical (unpaired) electrons. The average Bonchev–Trinajstić information content (AvgIpc) is 2.12. The third kappa shape index (κ3) is 38.4. The third-order valence-electron chi connectivity index (χ3n) is 16.7. The molecule has 0 aromatic heterocycles. The molecule has 2 rings (SSSR count). The number of nitrogens with one attached hydrogen (secondary N) is 2. The van der Waals surface area contributed by atoms with Crippen LogP contribution in [0.15, 0.2) is 0 Å². The lowest BCUT2D eigenvalue weighted by molar-refractivity contribution is -0.302. The summed E-state index contributed by atoms with van der Waals surface area (Å²) in [6.07, 6.45) is 25.3. The molecule has 2 heterocycles. The van der Waals surface area contributed by atoms with Gasteiger partial charge in [-0.1, -0.05) is 233 Å². The van der Waals surface area contributed by atoms with E-state index in [1.165, 1.54) is 103 Å². The number of hydrogen-bond donors (Lipinski definition) is 10. The second-order valence-electron chi connectivity index (χ2n) is 24.5. The molecule has 2 aliphatic heterocycles. The van der Waals surface area contributed by atoms with E-state index in [9.17, 15) is 54.3 Å². The smallest absolute Gasteiger partial charge is 0.462 e. The second-order valence-corrected chi connectivity index (χ2v) is 25.7. The first-order valence-corrected chi connectivity index (χ1v) is 35.7. The SMILES string of the molecule is CCCCCCCCCCCC(=O)O[C@H](CCCCCCCCCCC)CC(=O)N[C@H]1[C@H](OC[C@H]2O[C@H](OCCCCCCCCCCCCN)[C@H](NC(=O)C[C@H](O)CCCCCCCCCCC)[C@@H](O)[C@@H]2O)O[C@H](CO)[C@@H](OP(=O)(O)O)[C@@H]1O. The maximum absolute atomic E-state index is 14.1. The van der Waals surface area contributed by atoms with Gasteiger partial charge >= 0.3 is 13.8 Å². The maximum Gasteiger partial charge on any atom is 0.470 e. The van der Waals surface area contributed by atoms with E-state index >= 15 is 0 Å². The number of phosphoric ester groups is 1. The van der Waals surface area contributed by atoms with Crippen molar-refractivity contribution in [2.75, 3.05) is 26.4 Å². The van der Waals surface area contributed by atoms with Gasteiger partial charge in [0.25, 0.3) is 0 Å². The highest BCUT2D eigenvalue weighted by Gasteiger charge is 2.51. The van der Waals surface area contributed by atoms with Crippen LogP contribution >= 0.6 is 7.82 Å². The molecule has 12 atom stereocenters. The normalized spacial score (nSPS) is 23.4. The highest BCUT2D eigenvalue weighted by molar-refractivity contribution is 7.46. The Hall–Kier alpha value is -1.88. The summed E-state index contributed by atoms with van der Waals surface area (Å²) in [5.41, 5.74) is 5.62. The fourth-order valence-electron chi connectivity index (χ4n) is 11.5. The van der Waals surface area contributed by atoms with Crippen LogP contribution in [0.4, 0.5) is 0 Å². The number of nitrogens with two attached hydrogens (primary N) is 1. The molecule has 0 unspecified atom stereocenters. The predicted molar refractivity (Wildman–Crippen MR) is 331 cm³/mol. The Balaban J connectivity index is 2.25. The van der Waals surface area contributed by atoms with E-state index in [1.54, 1.807) is 0 Å². The van der Waals surface area contributed by atoms with Crippen LogP contribution in [0.25, 0.3) is 0 Å². The lowest BCUT2D eigenvalue weighted by Gasteiger charge is -2.45. The topological polar surface area (TPSA) is 315 Å². The van der Waals surface area contributed by atoms with Crippen molar-refractivity contribution in [2.24, 2.45) is 5.73 Å².